The van der Waals surface area contributed by atoms with Gasteiger partial charge in [0.2, 0.25) is 5.95 Å². The van der Waals surface area contributed by atoms with Crippen molar-refractivity contribution >= 4 is 15.9 Å². The first-order chi connectivity index (χ1) is 6.61. The topological polar surface area (TPSA) is 36.7 Å². The Morgan fingerprint density at radius 3 is 2.64 bits per heavy atom. The van der Waals surface area contributed by atoms with Crippen LogP contribution >= 0.6 is 15.9 Å². The zero-order chi connectivity index (χ0) is 10.7. The molecule has 0 aliphatic rings. The van der Waals surface area contributed by atoms with E-state index >= 15 is 0 Å². The molecule has 1 rings (SSSR count). The van der Waals surface area contributed by atoms with Crippen molar-refractivity contribution in [2.24, 2.45) is 0 Å². The van der Waals surface area contributed by atoms with Crippen LogP contribution < -0.4 is 0 Å². The maximum atomic E-state index is 12.9. The van der Waals surface area contributed by atoms with Gasteiger partial charge in [-0.1, -0.05) is 15.9 Å². The van der Waals surface area contributed by atoms with E-state index in [0.29, 0.717) is 0 Å². The highest BCUT2D eigenvalue weighted by molar-refractivity contribution is 9.08. The molecule has 0 aliphatic carbocycles. The fourth-order valence-corrected chi connectivity index (χ4v) is 1.54. The molecule has 0 aromatic carbocycles. The molecular weight excluding hydrogens is 261 g/mol. The Balaban J connectivity index is 3.46. The predicted octanol–water partition coefficient (Wildman–Crippen LogP) is 2.92. The van der Waals surface area contributed by atoms with Crippen LogP contribution in [0.3, 0.4) is 0 Å². The van der Waals surface area contributed by atoms with Crippen LogP contribution in [0.2, 0.25) is 0 Å². The molecule has 0 amide bonds. The largest absolute Gasteiger partial charge is 0.265 e. The van der Waals surface area contributed by atoms with Gasteiger partial charge >= 0.3 is 0 Å². The van der Waals surface area contributed by atoms with Crippen LogP contribution in [0.15, 0.2) is 6.20 Å². The Morgan fingerprint density at radius 2 is 2.21 bits per heavy atom. The number of rotatable bonds is 2. The van der Waals surface area contributed by atoms with Gasteiger partial charge in [0.05, 0.1) is 5.56 Å². The van der Waals surface area contributed by atoms with Gasteiger partial charge in [0.25, 0.3) is 6.43 Å². The molecule has 0 unspecified atom stereocenters. The van der Waals surface area contributed by atoms with Crippen LogP contribution in [0.5, 0.6) is 0 Å². The van der Waals surface area contributed by atoms with E-state index in [0.717, 1.165) is 6.20 Å². The maximum Gasteiger partial charge on any atom is 0.265 e. The average molecular weight is 265 g/mol. The van der Waals surface area contributed by atoms with E-state index in [2.05, 4.69) is 20.9 Å². The summed E-state index contributed by atoms with van der Waals surface area (Å²) in [4.78, 5) is 3.21. The standard InChI is InChI=1S/C8H4BrF3N2/c9-1-5-6(7(10)11)4(2-13)3-14-8(5)12/h3,7H,1H2. The summed E-state index contributed by atoms with van der Waals surface area (Å²) in [6, 6.07) is 1.55. The first-order valence-corrected chi connectivity index (χ1v) is 4.65. The third-order valence-corrected chi connectivity index (χ3v) is 2.20. The van der Waals surface area contributed by atoms with E-state index in [4.69, 9.17) is 5.26 Å². The Kier molecular flexibility index (Phi) is 3.47. The van der Waals surface area contributed by atoms with Crippen molar-refractivity contribution < 1.29 is 13.2 Å². The van der Waals surface area contributed by atoms with Gasteiger partial charge < -0.3 is 0 Å². The minimum Gasteiger partial charge on any atom is -0.227 e. The molecule has 0 saturated heterocycles. The summed E-state index contributed by atoms with van der Waals surface area (Å²) in [7, 11) is 0. The number of halogens is 4. The van der Waals surface area contributed by atoms with E-state index in [9.17, 15) is 13.2 Å². The fourth-order valence-electron chi connectivity index (χ4n) is 1.01. The molecule has 74 valence electrons. The highest BCUT2D eigenvalue weighted by Crippen LogP contribution is 2.28. The SMILES string of the molecule is N#Cc1cnc(F)c(CBr)c1C(F)F. The van der Waals surface area contributed by atoms with Gasteiger partial charge in [-0.25, -0.2) is 13.8 Å². The van der Waals surface area contributed by atoms with Gasteiger partial charge in [-0.3, -0.25) is 0 Å². The normalized spacial score (nSPS) is 10.3. The molecule has 0 N–H and O–H groups in total. The van der Waals surface area contributed by atoms with Gasteiger partial charge in [0.15, 0.2) is 0 Å². The summed E-state index contributed by atoms with van der Waals surface area (Å²) in [5.74, 6) is -0.976. The zero-order valence-corrected chi connectivity index (χ0v) is 8.35. The summed E-state index contributed by atoms with van der Waals surface area (Å²) >= 11 is 2.87. The first kappa shape index (κ1) is 11.0. The van der Waals surface area contributed by atoms with Gasteiger partial charge in [0, 0.05) is 22.7 Å². The maximum absolute atomic E-state index is 12.9. The third-order valence-electron chi connectivity index (χ3n) is 1.64. The number of nitrogens with zero attached hydrogens (tertiary/aromatic N) is 2. The molecule has 14 heavy (non-hydrogen) atoms. The van der Waals surface area contributed by atoms with Gasteiger partial charge in [-0.2, -0.15) is 9.65 Å². The molecule has 1 aromatic rings. The quantitative estimate of drug-likeness (QED) is 0.609. The lowest BCUT2D eigenvalue weighted by Crippen LogP contribution is -2.02. The Hall–Kier alpha value is -1.09. The number of aromatic nitrogens is 1. The molecule has 0 aliphatic heterocycles. The first-order valence-electron chi connectivity index (χ1n) is 3.53. The van der Waals surface area contributed by atoms with Crippen LogP contribution in [-0.2, 0) is 5.33 Å². The molecule has 2 nitrogen and oxygen atoms in total. The molecular formula is C8H4BrF3N2. The summed E-state index contributed by atoms with van der Waals surface area (Å²) < 4.78 is 37.9. The van der Waals surface area contributed by atoms with E-state index < -0.39 is 17.9 Å². The van der Waals surface area contributed by atoms with Crippen molar-refractivity contribution in [2.75, 3.05) is 0 Å². The molecule has 1 aromatic heterocycles. The molecule has 0 fully saturated rings. The number of pyridine rings is 1. The van der Waals surface area contributed by atoms with Crippen LogP contribution in [0.4, 0.5) is 13.2 Å². The number of hydrogen-bond donors (Lipinski definition) is 0. The lowest BCUT2D eigenvalue weighted by atomic mass is 10.1. The van der Waals surface area contributed by atoms with Crippen molar-refractivity contribution in [1.82, 2.24) is 4.98 Å². The summed E-state index contributed by atoms with van der Waals surface area (Å²) in [5, 5.41) is 8.42. The molecule has 0 spiro atoms. The second-order valence-corrected chi connectivity index (χ2v) is 2.96. The van der Waals surface area contributed by atoms with Crippen molar-refractivity contribution in [2.45, 2.75) is 11.8 Å². The van der Waals surface area contributed by atoms with E-state index in [-0.39, 0.29) is 16.5 Å². The lowest BCUT2D eigenvalue weighted by Gasteiger charge is -2.07. The molecule has 1 heterocycles. The monoisotopic (exact) mass is 264 g/mol. The van der Waals surface area contributed by atoms with Crippen LogP contribution in [0.25, 0.3) is 0 Å². The molecule has 0 bridgehead atoms. The van der Waals surface area contributed by atoms with Crippen molar-refractivity contribution in [1.29, 1.82) is 5.26 Å². The molecule has 0 radical (unpaired) electrons. The van der Waals surface area contributed by atoms with Crippen molar-refractivity contribution in [3.63, 3.8) is 0 Å². The second kappa shape index (κ2) is 4.42. The van der Waals surface area contributed by atoms with E-state index in [1.165, 1.54) is 0 Å². The zero-order valence-electron chi connectivity index (χ0n) is 6.77. The predicted molar refractivity (Wildman–Crippen MR) is 46.5 cm³/mol. The minimum atomic E-state index is -2.88. The Morgan fingerprint density at radius 1 is 1.57 bits per heavy atom. The van der Waals surface area contributed by atoms with Crippen LogP contribution in [0, 0.1) is 17.3 Å². The van der Waals surface area contributed by atoms with Gasteiger partial charge in [-0.15, -0.1) is 0 Å². The summed E-state index contributed by atoms with van der Waals surface area (Å²) in [5.41, 5.74) is -1.15. The minimum absolute atomic E-state index is 0.0962. The van der Waals surface area contributed by atoms with Crippen LogP contribution in [0.1, 0.15) is 23.1 Å². The molecule has 0 atom stereocenters. The molecule has 6 heteroatoms. The van der Waals surface area contributed by atoms with E-state index in [1.54, 1.807) is 6.07 Å². The average Bonchev–Trinajstić information content (AvgIpc) is 2.17. The summed E-state index contributed by atoms with van der Waals surface area (Å²) in [6.07, 6.45) is -2.07. The van der Waals surface area contributed by atoms with Crippen molar-refractivity contribution in [3.05, 3.63) is 28.8 Å². The number of alkyl halides is 3. The van der Waals surface area contributed by atoms with Crippen LogP contribution in [-0.4, -0.2) is 4.98 Å². The fraction of sp³-hybridized carbons (Fsp3) is 0.250. The highest BCUT2D eigenvalue weighted by atomic mass is 79.9. The van der Waals surface area contributed by atoms with E-state index in [1.807, 2.05) is 0 Å². The third kappa shape index (κ3) is 1.87. The van der Waals surface area contributed by atoms with Crippen molar-refractivity contribution in [3.8, 4) is 6.07 Å². The number of hydrogen-bond acceptors (Lipinski definition) is 2. The Labute approximate surface area is 86.5 Å². The second-order valence-electron chi connectivity index (χ2n) is 2.40. The number of nitriles is 1. The summed E-state index contributed by atoms with van der Waals surface area (Å²) in [6.45, 7) is 0. The van der Waals surface area contributed by atoms with Gasteiger partial charge in [0.1, 0.15) is 6.07 Å². The smallest absolute Gasteiger partial charge is 0.227 e. The highest BCUT2D eigenvalue weighted by Gasteiger charge is 2.21. The lowest BCUT2D eigenvalue weighted by molar-refractivity contribution is 0.149. The molecule has 0 saturated carbocycles. The van der Waals surface area contributed by atoms with Gasteiger partial charge in [-0.05, 0) is 0 Å². The Bertz CT molecular complexity index is 387.